The van der Waals surface area contributed by atoms with Crippen molar-refractivity contribution < 1.29 is 18.3 Å². The van der Waals surface area contributed by atoms with Gasteiger partial charge in [-0.15, -0.1) is 0 Å². The van der Waals surface area contributed by atoms with Crippen LogP contribution in [0.3, 0.4) is 0 Å². The number of benzene rings is 1. The maximum Gasteiger partial charge on any atom is 0.296 e. The van der Waals surface area contributed by atoms with Crippen LogP contribution in [0.2, 0.25) is 0 Å². The molecule has 0 spiro atoms. The van der Waals surface area contributed by atoms with Crippen LogP contribution >= 0.6 is 0 Å². The van der Waals surface area contributed by atoms with Crippen LogP contribution in [0.4, 0.5) is 20.5 Å². The van der Waals surface area contributed by atoms with Crippen molar-refractivity contribution >= 4 is 28.7 Å². The van der Waals surface area contributed by atoms with Crippen LogP contribution in [0, 0.1) is 0 Å². The van der Waals surface area contributed by atoms with Gasteiger partial charge in [0.15, 0.2) is 5.82 Å². The monoisotopic (exact) mass is 554 g/mol. The quantitative estimate of drug-likeness (QED) is 0.430. The number of halogens is 2. The van der Waals surface area contributed by atoms with Crippen molar-refractivity contribution in [3.8, 4) is 5.82 Å². The Balaban J connectivity index is 1.17. The SMILES string of the molecule is O=C(CCCN1CCCCC1)N1CC(Nc2cc(-n3c(C(F)F)nc4ccccc43)nc(N3CCOCC3)n2)C1. The van der Waals surface area contributed by atoms with E-state index in [-0.39, 0.29) is 17.8 Å². The molecule has 3 saturated heterocycles. The number of carbonyl (C=O) groups is 1. The number of carbonyl (C=O) groups excluding carboxylic acids is 1. The number of amides is 1. The summed E-state index contributed by atoms with van der Waals surface area (Å²) in [7, 11) is 0. The number of alkyl halides is 2. The number of morpholine rings is 1. The number of imidazole rings is 1. The minimum Gasteiger partial charge on any atom is -0.378 e. The topological polar surface area (TPSA) is 91.7 Å². The summed E-state index contributed by atoms with van der Waals surface area (Å²) >= 11 is 0. The van der Waals surface area contributed by atoms with Crippen molar-refractivity contribution in [2.24, 2.45) is 0 Å². The van der Waals surface area contributed by atoms with E-state index in [1.807, 2.05) is 9.80 Å². The van der Waals surface area contributed by atoms with Crippen molar-refractivity contribution in [3.63, 3.8) is 0 Å². The van der Waals surface area contributed by atoms with E-state index in [4.69, 9.17) is 14.7 Å². The van der Waals surface area contributed by atoms with Crippen LogP contribution in [-0.2, 0) is 9.53 Å². The van der Waals surface area contributed by atoms with Crippen LogP contribution in [0.15, 0.2) is 30.3 Å². The van der Waals surface area contributed by atoms with E-state index in [0.29, 0.717) is 74.4 Å². The Kier molecular flexibility index (Phi) is 8.05. The number of likely N-dealkylation sites (tertiary alicyclic amines) is 2. The van der Waals surface area contributed by atoms with Gasteiger partial charge in [-0.2, -0.15) is 9.97 Å². The summed E-state index contributed by atoms with van der Waals surface area (Å²) in [5.74, 6) is 1.13. The predicted molar refractivity (Wildman–Crippen MR) is 148 cm³/mol. The maximum absolute atomic E-state index is 14.1. The number of hydrogen-bond donors (Lipinski definition) is 1. The van der Waals surface area contributed by atoms with Crippen molar-refractivity contribution in [2.45, 2.75) is 44.6 Å². The third-order valence-corrected chi connectivity index (χ3v) is 7.91. The molecule has 1 amide bonds. The molecule has 0 unspecified atom stereocenters. The summed E-state index contributed by atoms with van der Waals surface area (Å²) in [6.07, 6.45) is 2.50. The van der Waals surface area contributed by atoms with E-state index in [1.54, 1.807) is 30.3 Å². The molecule has 6 rings (SSSR count). The Hall–Kier alpha value is -3.38. The Morgan fingerprint density at radius 3 is 2.58 bits per heavy atom. The molecule has 1 N–H and O–H groups in total. The van der Waals surface area contributed by atoms with E-state index in [2.05, 4.69) is 15.2 Å². The number of nitrogens with one attached hydrogen (secondary N) is 1. The fourth-order valence-corrected chi connectivity index (χ4v) is 5.72. The second kappa shape index (κ2) is 12.0. The summed E-state index contributed by atoms with van der Waals surface area (Å²) in [5, 5.41) is 3.42. The zero-order valence-corrected chi connectivity index (χ0v) is 22.6. The Bertz CT molecular complexity index is 1320. The Labute approximate surface area is 232 Å². The fourth-order valence-electron chi connectivity index (χ4n) is 5.72. The van der Waals surface area contributed by atoms with E-state index >= 15 is 0 Å². The molecule has 3 aliphatic rings. The second-order valence-corrected chi connectivity index (χ2v) is 10.8. The largest absolute Gasteiger partial charge is 0.378 e. The van der Waals surface area contributed by atoms with E-state index in [1.165, 1.54) is 23.8 Å². The molecule has 10 nitrogen and oxygen atoms in total. The molecule has 0 saturated carbocycles. The van der Waals surface area contributed by atoms with Crippen LogP contribution in [-0.4, -0.2) is 100 Å². The molecule has 0 bridgehead atoms. The highest BCUT2D eigenvalue weighted by atomic mass is 19.3. The fraction of sp³-hybridized carbons (Fsp3) is 0.571. The molecule has 12 heteroatoms. The van der Waals surface area contributed by atoms with Gasteiger partial charge in [0, 0.05) is 38.7 Å². The molecule has 3 aromatic rings. The molecule has 40 heavy (non-hydrogen) atoms. The lowest BCUT2D eigenvalue weighted by molar-refractivity contribution is -0.135. The highest BCUT2D eigenvalue weighted by molar-refractivity contribution is 5.78. The number of rotatable bonds is 9. The molecule has 0 radical (unpaired) electrons. The zero-order chi connectivity index (χ0) is 27.5. The molecule has 214 valence electrons. The van der Waals surface area contributed by atoms with Crippen LogP contribution in [0.5, 0.6) is 0 Å². The normalized spacial score (nSPS) is 18.9. The molecule has 3 aliphatic heterocycles. The lowest BCUT2D eigenvalue weighted by atomic mass is 10.1. The van der Waals surface area contributed by atoms with Gasteiger partial charge in [-0.1, -0.05) is 18.6 Å². The van der Waals surface area contributed by atoms with Crippen molar-refractivity contribution in [3.05, 3.63) is 36.2 Å². The molecule has 0 aliphatic carbocycles. The number of aromatic nitrogens is 4. The van der Waals surface area contributed by atoms with Gasteiger partial charge in [0.1, 0.15) is 11.6 Å². The molecular formula is C28H36F2N8O2. The molecule has 3 fully saturated rings. The van der Waals surface area contributed by atoms with Gasteiger partial charge in [0.05, 0.1) is 30.3 Å². The van der Waals surface area contributed by atoms with Crippen molar-refractivity contribution in [1.82, 2.24) is 29.3 Å². The second-order valence-electron chi connectivity index (χ2n) is 10.8. The zero-order valence-electron chi connectivity index (χ0n) is 22.6. The van der Waals surface area contributed by atoms with Crippen molar-refractivity contribution in [2.75, 3.05) is 69.2 Å². The summed E-state index contributed by atoms with van der Waals surface area (Å²) in [6, 6.07) is 8.77. The summed E-state index contributed by atoms with van der Waals surface area (Å²) in [6.45, 7) is 6.76. The van der Waals surface area contributed by atoms with Crippen LogP contribution in [0.1, 0.15) is 44.4 Å². The standard InChI is InChI=1S/C28H36F2N8O2/c29-26(30)27-32-21-7-2-3-8-22(21)38(27)24-17-23(33-28(34-24)36-13-15-40-16-14-36)31-20-18-37(19-20)25(39)9-6-12-35-10-4-1-5-11-35/h2-3,7-8,17,20,26H,1,4-6,9-16,18-19H2,(H,31,33,34). The van der Waals surface area contributed by atoms with Crippen LogP contribution < -0.4 is 10.2 Å². The average Bonchev–Trinajstić information content (AvgIpc) is 3.36. The number of piperidine rings is 1. The highest BCUT2D eigenvalue weighted by Crippen LogP contribution is 2.29. The summed E-state index contributed by atoms with van der Waals surface area (Å²) in [5.41, 5.74) is 1.03. The number of ether oxygens (including phenoxy) is 1. The lowest BCUT2D eigenvalue weighted by Crippen LogP contribution is -2.57. The van der Waals surface area contributed by atoms with Gasteiger partial charge < -0.3 is 24.8 Å². The molecule has 1 aromatic carbocycles. The number of hydrogen-bond acceptors (Lipinski definition) is 8. The van der Waals surface area contributed by atoms with Gasteiger partial charge in [0.2, 0.25) is 11.9 Å². The number of nitrogens with zero attached hydrogens (tertiary/aromatic N) is 7. The van der Waals surface area contributed by atoms with Gasteiger partial charge in [-0.05, 0) is 51.0 Å². The van der Waals surface area contributed by atoms with Gasteiger partial charge in [0.25, 0.3) is 6.43 Å². The van der Waals surface area contributed by atoms with Gasteiger partial charge in [-0.3, -0.25) is 9.36 Å². The minimum atomic E-state index is -2.77. The first-order valence-electron chi connectivity index (χ1n) is 14.3. The van der Waals surface area contributed by atoms with E-state index in [0.717, 1.165) is 26.1 Å². The molecule has 5 heterocycles. The van der Waals surface area contributed by atoms with Crippen molar-refractivity contribution in [1.29, 1.82) is 0 Å². The summed E-state index contributed by atoms with van der Waals surface area (Å²) in [4.78, 5) is 32.7. The van der Waals surface area contributed by atoms with Crippen LogP contribution in [0.25, 0.3) is 16.9 Å². The number of para-hydroxylation sites is 2. The first kappa shape index (κ1) is 26.8. The Morgan fingerprint density at radius 2 is 1.80 bits per heavy atom. The smallest absolute Gasteiger partial charge is 0.296 e. The first-order chi connectivity index (χ1) is 19.5. The maximum atomic E-state index is 14.1. The van der Waals surface area contributed by atoms with Gasteiger partial charge in [-0.25, -0.2) is 13.8 Å². The third-order valence-electron chi connectivity index (χ3n) is 7.91. The minimum absolute atomic E-state index is 0.0282. The predicted octanol–water partition coefficient (Wildman–Crippen LogP) is 3.48. The molecule has 2 aromatic heterocycles. The average molecular weight is 555 g/mol. The van der Waals surface area contributed by atoms with Gasteiger partial charge >= 0.3 is 0 Å². The molecule has 0 atom stereocenters. The highest BCUT2D eigenvalue weighted by Gasteiger charge is 2.31. The van der Waals surface area contributed by atoms with E-state index < -0.39 is 6.43 Å². The van der Waals surface area contributed by atoms with E-state index in [9.17, 15) is 13.6 Å². The number of anilines is 2. The third kappa shape index (κ3) is 5.87. The number of fused-ring (bicyclic) bond motifs is 1. The Morgan fingerprint density at radius 1 is 1.02 bits per heavy atom. The molecular weight excluding hydrogens is 518 g/mol. The lowest BCUT2D eigenvalue weighted by Gasteiger charge is -2.40. The summed E-state index contributed by atoms with van der Waals surface area (Å²) < 4.78 is 35.1. The first-order valence-corrected chi connectivity index (χ1v) is 14.3.